The summed E-state index contributed by atoms with van der Waals surface area (Å²) in [4.78, 5) is 19.2. The Balaban J connectivity index is 2.35. The summed E-state index contributed by atoms with van der Waals surface area (Å²) in [6, 6.07) is 1.71. The molecule has 1 saturated carbocycles. The smallest absolute Gasteiger partial charge is 0.168 e. The van der Waals surface area contributed by atoms with Crippen molar-refractivity contribution in [2.75, 3.05) is 0 Å². The Bertz CT molecular complexity index is 385. The highest BCUT2D eigenvalue weighted by Gasteiger charge is 2.48. The van der Waals surface area contributed by atoms with E-state index in [1.165, 1.54) is 0 Å². The average Bonchev–Trinajstić information content (AvgIpc) is 2.74. The van der Waals surface area contributed by atoms with Crippen molar-refractivity contribution < 1.29 is 4.79 Å². The zero-order valence-electron chi connectivity index (χ0n) is 8.74. The lowest BCUT2D eigenvalue weighted by molar-refractivity contribution is 0.111. The fourth-order valence-electron chi connectivity index (χ4n) is 1.74. The maximum atomic E-state index is 10.6. The first-order valence-corrected chi connectivity index (χ1v) is 4.84. The minimum atomic E-state index is 0.313. The number of carbonyl (C=O) groups excluding carboxylic acids is 1. The van der Waals surface area contributed by atoms with Crippen molar-refractivity contribution in [3.63, 3.8) is 0 Å². The van der Waals surface area contributed by atoms with Crippen LogP contribution in [0.3, 0.4) is 0 Å². The van der Waals surface area contributed by atoms with E-state index in [9.17, 15) is 4.79 Å². The largest absolute Gasteiger partial charge is 0.296 e. The summed E-state index contributed by atoms with van der Waals surface area (Å²) in [5, 5.41) is 0. The Morgan fingerprint density at radius 3 is 2.64 bits per heavy atom. The lowest BCUT2D eigenvalue weighted by Gasteiger charge is -2.03. The molecule has 0 saturated heterocycles. The predicted molar refractivity (Wildman–Crippen MR) is 53.3 cm³/mol. The molecular formula is C11H14N2O. The van der Waals surface area contributed by atoms with Gasteiger partial charge in [-0.1, -0.05) is 13.8 Å². The number of aryl methyl sites for hydroxylation is 1. The highest BCUT2D eigenvalue weighted by molar-refractivity contribution is 5.71. The zero-order chi connectivity index (χ0) is 10.3. The molecule has 0 aromatic carbocycles. The van der Waals surface area contributed by atoms with E-state index < -0.39 is 0 Å². The van der Waals surface area contributed by atoms with Crippen molar-refractivity contribution in [1.29, 1.82) is 0 Å². The van der Waals surface area contributed by atoms with Gasteiger partial charge in [-0.2, -0.15) is 0 Å². The second kappa shape index (κ2) is 2.87. The van der Waals surface area contributed by atoms with E-state index in [1.807, 2.05) is 6.92 Å². The van der Waals surface area contributed by atoms with E-state index >= 15 is 0 Å². The maximum Gasteiger partial charge on any atom is 0.168 e. The summed E-state index contributed by atoms with van der Waals surface area (Å²) in [5.74, 6) is 1.26. The van der Waals surface area contributed by atoms with Crippen LogP contribution in [-0.2, 0) is 0 Å². The van der Waals surface area contributed by atoms with Gasteiger partial charge in [-0.25, -0.2) is 9.97 Å². The Morgan fingerprint density at radius 2 is 2.14 bits per heavy atom. The molecule has 1 atom stereocenters. The van der Waals surface area contributed by atoms with Gasteiger partial charge in [-0.05, 0) is 24.8 Å². The zero-order valence-corrected chi connectivity index (χ0v) is 8.74. The summed E-state index contributed by atoms with van der Waals surface area (Å²) in [5.41, 5.74) is 1.68. The van der Waals surface area contributed by atoms with Crippen LogP contribution in [0.5, 0.6) is 0 Å². The van der Waals surface area contributed by atoms with Crippen LogP contribution in [0.4, 0.5) is 0 Å². The molecule has 0 spiro atoms. The van der Waals surface area contributed by atoms with Gasteiger partial charge in [0, 0.05) is 11.6 Å². The third kappa shape index (κ3) is 1.54. The molecule has 1 heterocycles. The summed E-state index contributed by atoms with van der Waals surface area (Å²) in [6.45, 7) is 6.29. The van der Waals surface area contributed by atoms with E-state index in [1.54, 1.807) is 6.07 Å². The van der Waals surface area contributed by atoms with Gasteiger partial charge in [0.2, 0.25) is 0 Å². The van der Waals surface area contributed by atoms with Crippen LogP contribution in [-0.4, -0.2) is 16.3 Å². The predicted octanol–water partition coefficient (Wildman–Crippen LogP) is 2.11. The first kappa shape index (κ1) is 9.31. The highest BCUT2D eigenvalue weighted by atomic mass is 16.1. The molecule has 0 amide bonds. The van der Waals surface area contributed by atoms with Gasteiger partial charge < -0.3 is 0 Å². The Labute approximate surface area is 83.6 Å². The van der Waals surface area contributed by atoms with Gasteiger partial charge in [0.05, 0.1) is 0 Å². The summed E-state index contributed by atoms with van der Waals surface area (Å²) >= 11 is 0. The van der Waals surface area contributed by atoms with E-state index in [0.717, 1.165) is 24.2 Å². The number of aldehydes is 1. The molecule has 0 radical (unpaired) electrons. The van der Waals surface area contributed by atoms with Crippen LogP contribution in [0.1, 0.15) is 48.2 Å². The van der Waals surface area contributed by atoms with Crippen molar-refractivity contribution in [1.82, 2.24) is 9.97 Å². The van der Waals surface area contributed by atoms with E-state index in [2.05, 4.69) is 23.8 Å². The molecule has 1 unspecified atom stereocenters. The molecule has 1 aliphatic rings. The number of nitrogens with zero attached hydrogens (tertiary/aromatic N) is 2. The van der Waals surface area contributed by atoms with Crippen LogP contribution in [0.2, 0.25) is 0 Å². The van der Waals surface area contributed by atoms with Gasteiger partial charge in [-0.15, -0.1) is 0 Å². The molecular weight excluding hydrogens is 176 g/mol. The van der Waals surface area contributed by atoms with Gasteiger partial charge >= 0.3 is 0 Å². The molecule has 1 fully saturated rings. The van der Waals surface area contributed by atoms with Crippen molar-refractivity contribution in [3.8, 4) is 0 Å². The van der Waals surface area contributed by atoms with Crippen LogP contribution < -0.4 is 0 Å². The van der Waals surface area contributed by atoms with E-state index in [0.29, 0.717) is 17.0 Å². The Hall–Kier alpha value is -1.25. The summed E-state index contributed by atoms with van der Waals surface area (Å²) in [7, 11) is 0. The second-order valence-corrected chi connectivity index (χ2v) is 4.66. The first-order valence-electron chi connectivity index (χ1n) is 4.84. The van der Waals surface area contributed by atoms with Crippen LogP contribution >= 0.6 is 0 Å². The van der Waals surface area contributed by atoms with Gasteiger partial charge in [0.1, 0.15) is 11.5 Å². The van der Waals surface area contributed by atoms with Gasteiger partial charge in [0.15, 0.2) is 6.29 Å². The molecule has 14 heavy (non-hydrogen) atoms. The molecule has 2 rings (SSSR count). The van der Waals surface area contributed by atoms with Crippen LogP contribution in [0.15, 0.2) is 6.07 Å². The molecule has 3 nitrogen and oxygen atoms in total. The normalized spacial score (nSPS) is 23.2. The van der Waals surface area contributed by atoms with Crippen molar-refractivity contribution in [2.24, 2.45) is 5.41 Å². The third-order valence-electron chi connectivity index (χ3n) is 2.84. The summed E-state index contributed by atoms with van der Waals surface area (Å²) < 4.78 is 0. The molecule has 1 aromatic heterocycles. The summed E-state index contributed by atoms with van der Waals surface area (Å²) in [6.07, 6.45) is 1.91. The number of carbonyl (C=O) groups is 1. The lowest BCUT2D eigenvalue weighted by Crippen LogP contribution is -2.02. The maximum absolute atomic E-state index is 10.6. The number of hydrogen-bond donors (Lipinski definition) is 0. The quantitative estimate of drug-likeness (QED) is 0.671. The first-order chi connectivity index (χ1) is 6.53. The molecule has 1 aromatic rings. The standard InChI is InChI=1S/C11H14N2O/c1-7-4-8(6-14)13-10(12-7)9-5-11(9,2)3/h4,6,9H,5H2,1-3H3. The van der Waals surface area contributed by atoms with Gasteiger partial charge in [0.25, 0.3) is 0 Å². The average molecular weight is 190 g/mol. The van der Waals surface area contributed by atoms with Crippen molar-refractivity contribution in [3.05, 3.63) is 23.3 Å². The molecule has 1 aliphatic carbocycles. The van der Waals surface area contributed by atoms with Crippen molar-refractivity contribution in [2.45, 2.75) is 33.1 Å². The molecule has 0 bridgehead atoms. The molecule has 0 N–H and O–H groups in total. The number of aromatic nitrogens is 2. The third-order valence-corrected chi connectivity index (χ3v) is 2.84. The van der Waals surface area contributed by atoms with Crippen molar-refractivity contribution >= 4 is 6.29 Å². The highest BCUT2D eigenvalue weighted by Crippen LogP contribution is 2.57. The fourth-order valence-corrected chi connectivity index (χ4v) is 1.74. The van der Waals surface area contributed by atoms with E-state index in [-0.39, 0.29) is 0 Å². The lowest BCUT2D eigenvalue weighted by atomic mass is 10.1. The van der Waals surface area contributed by atoms with Gasteiger partial charge in [-0.3, -0.25) is 4.79 Å². The number of rotatable bonds is 2. The minimum absolute atomic E-state index is 0.313. The van der Waals surface area contributed by atoms with Crippen LogP contribution in [0.25, 0.3) is 0 Å². The van der Waals surface area contributed by atoms with Crippen LogP contribution in [0, 0.1) is 12.3 Å². The molecule has 0 aliphatic heterocycles. The fraction of sp³-hybridized carbons (Fsp3) is 0.545. The molecule has 74 valence electrons. The monoisotopic (exact) mass is 190 g/mol. The molecule has 3 heteroatoms. The second-order valence-electron chi connectivity index (χ2n) is 4.66. The topological polar surface area (TPSA) is 42.9 Å². The minimum Gasteiger partial charge on any atom is -0.296 e. The number of hydrogen-bond acceptors (Lipinski definition) is 3. The Morgan fingerprint density at radius 1 is 1.50 bits per heavy atom. The SMILES string of the molecule is Cc1cc(C=O)nc(C2CC2(C)C)n1. The van der Waals surface area contributed by atoms with E-state index in [4.69, 9.17) is 0 Å². The Kier molecular flexibility index (Phi) is 1.91.